The highest BCUT2D eigenvalue weighted by atomic mass is 32.1. The Bertz CT molecular complexity index is 749. The lowest BCUT2D eigenvalue weighted by Gasteiger charge is -2.14. The summed E-state index contributed by atoms with van der Waals surface area (Å²) < 4.78 is 0. The van der Waals surface area contributed by atoms with Crippen LogP contribution in [-0.2, 0) is 6.42 Å². The number of aryl methyl sites for hydroxylation is 1. The summed E-state index contributed by atoms with van der Waals surface area (Å²) in [6.45, 7) is 2.75. The van der Waals surface area contributed by atoms with Gasteiger partial charge < -0.3 is 16.2 Å². The van der Waals surface area contributed by atoms with Crippen LogP contribution < -0.4 is 11.1 Å². The Kier molecular flexibility index (Phi) is 3.81. The highest BCUT2D eigenvalue weighted by Gasteiger charge is 2.28. The summed E-state index contributed by atoms with van der Waals surface area (Å²) in [6, 6.07) is 3.52. The van der Waals surface area contributed by atoms with Crippen molar-refractivity contribution >= 4 is 33.8 Å². The summed E-state index contributed by atoms with van der Waals surface area (Å²) in [6.07, 6.45) is 2.62. The molecule has 2 aromatic heterocycles. The molecule has 1 aliphatic rings. The van der Waals surface area contributed by atoms with Gasteiger partial charge in [0.2, 0.25) is 5.78 Å². The Hall–Kier alpha value is -2.41. The quantitative estimate of drug-likeness (QED) is 0.594. The van der Waals surface area contributed by atoms with Crippen molar-refractivity contribution < 1.29 is 9.90 Å². The van der Waals surface area contributed by atoms with Gasteiger partial charge in [0.15, 0.2) is 5.13 Å². The molecule has 0 amide bonds. The number of nitrogens with one attached hydrogen (secondary N) is 1. The number of hydrogen-bond donors (Lipinski definition) is 3. The summed E-state index contributed by atoms with van der Waals surface area (Å²) in [5, 5.41) is 13.9. The number of anilines is 2. The van der Waals surface area contributed by atoms with Gasteiger partial charge in [-0.1, -0.05) is 11.3 Å². The molecular formula is C15H16N4O2S. The third-order valence-corrected chi connectivity index (χ3v) is 4.41. The van der Waals surface area contributed by atoms with Crippen LogP contribution in [-0.4, -0.2) is 27.4 Å². The van der Waals surface area contributed by atoms with Crippen LogP contribution in [0.2, 0.25) is 0 Å². The fourth-order valence-corrected chi connectivity index (χ4v) is 3.28. The van der Waals surface area contributed by atoms with Crippen molar-refractivity contribution in [2.45, 2.75) is 19.8 Å². The first-order valence-corrected chi connectivity index (χ1v) is 7.84. The zero-order valence-electron chi connectivity index (χ0n) is 12.1. The number of nitrogen functional groups attached to an aromatic ring is 1. The summed E-state index contributed by atoms with van der Waals surface area (Å²) in [5.74, 6) is 0.526. The minimum Gasteiger partial charge on any atom is -0.507 e. The second-order valence-corrected chi connectivity index (χ2v) is 5.98. The molecule has 0 spiro atoms. The SMILES string of the molecule is CCNc1ccc(C(O)=C2CCc3nc(N)sc3C2=O)cn1. The number of allylic oxidation sites excluding steroid dienone is 1. The van der Waals surface area contributed by atoms with E-state index in [9.17, 15) is 9.90 Å². The average molecular weight is 316 g/mol. The van der Waals surface area contributed by atoms with Crippen molar-refractivity contribution in [3.8, 4) is 0 Å². The van der Waals surface area contributed by atoms with E-state index in [2.05, 4.69) is 15.3 Å². The van der Waals surface area contributed by atoms with Gasteiger partial charge in [-0.25, -0.2) is 9.97 Å². The van der Waals surface area contributed by atoms with E-state index in [1.54, 1.807) is 18.3 Å². The summed E-state index contributed by atoms with van der Waals surface area (Å²) in [7, 11) is 0. The van der Waals surface area contributed by atoms with Gasteiger partial charge in [0.25, 0.3) is 0 Å². The van der Waals surface area contributed by atoms with Crippen molar-refractivity contribution in [1.29, 1.82) is 0 Å². The van der Waals surface area contributed by atoms with Crippen molar-refractivity contribution in [2.24, 2.45) is 0 Å². The molecule has 0 bridgehead atoms. The minimum absolute atomic E-state index is 0.0156. The number of rotatable bonds is 3. The molecule has 3 rings (SSSR count). The van der Waals surface area contributed by atoms with Gasteiger partial charge in [0.1, 0.15) is 11.6 Å². The standard InChI is InChI=1S/C15H16N4O2S/c1-2-17-11-6-3-8(7-18-11)12(20)9-4-5-10-14(13(9)21)22-15(16)19-10/h3,6-7,20H,2,4-5H2,1H3,(H2,16,19)(H,17,18). The van der Waals surface area contributed by atoms with Gasteiger partial charge in [-0.15, -0.1) is 0 Å². The minimum atomic E-state index is -0.191. The number of nitrogens with zero attached hydrogens (tertiary/aromatic N) is 2. The monoisotopic (exact) mass is 316 g/mol. The van der Waals surface area contributed by atoms with Crippen LogP contribution in [0.15, 0.2) is 23.9 Å². The third kappa shape index (κ3) is 2.55. The van der Waals surface area contributed by atoms with E-state index in [1.807, 2.05) is 6.92 Å². The highest BCUT2D eigenvalue weighted by molar-refractivity contribution is 7.17. The lowest BCUT2D eigenvalue weighted by atomic mass is 9.93. The number of Topliss-reactive ketones (excluding diaryl/α,β-unsaturated/α-hetero) is 1. The smallest absolute Gasteiger partial charge is 0.204 e. The molecule has 6 nitrogen and oxygen atoms in total. The molecule has 1 aliphatic carbocycles. The molecule has 0 radical (unpaired) electrons. The molecule has 0 fully saturated rings. The molecule has 4 N–H and O–H groups in total. The molecule has 2 heterocycles. The predicted molar refractivity (Wildman–Crippen MR) is 87.1 cm³/mol. The molecule has 0 aromatic carbocycles. The maximum Gasteiger partial charge on any atom is 0.204 e. The molecule has 114 valence electrons. The summed E-state index contributed by atoms with van der Waals surface area (Å²) in [4.78, 5) is 21.4. The van der Waals surface area contributed by atoms with E-state index in [4.69, 9.17) is 5.73 Å². The number of ketones is 1. The first-order valence-electron chi connectivity index (χ1n) is 7.02. The maximum atomic E-state index is 12.5. The molecule has 0 atom stereocenters. The average Bonchev–Trinajstić information content (AvgIpc) is 2.90. The van der Waals surface area contributed by atoms with Crippen LogP contribution >= 0.6 is 11.3 Å². The Balaban J connectivity index is 1.94. The lowest BCUT2D eigenvalue weighted by molar-refractivity contribution is 0.102. The van der Waals surface area contributed by atoms with Gasteiger partial charge in [0, 0.05) is 23.9 Å². The number of fused-ring (bicyclic) bond motifs is 1. The van der Waals surface area contributed by atoms with E-state index in [0.29, 0.717) is 34.0 Å². The number of aromatic nitrogens is 2. The number of carbonyl (C=O) groups excluding carboxylic acids is 1. The summed E-state index contributed by atoms with van der Waals surface area (Å²) >= 11 is 1.17. The van der Waals surface area contributed by atoms with Crippen LogP contribution in [0.1, 0.15) is 34.3 Å². The largest absolute Gasteiger partial charge is 0.507 e. The Morgan fingerprint density at radius 1 is 1.45 bits per heavy atom. The van der Waals surface area contributed by atoms with Crippen LogP contribution in [0, 0.1) is 0 Å². The molecule has 0 saturated heterocycles. The normalized spacial score (nSPS) is 16.3. The van der Waals surface area contributed by atoms with E-state index < -0.39 is 0 Å². The number of pyridine rings is 1. The number of thiazole rings is 1. The van der Waals surface area contributed by atoms with Crippen LogP contribution in [0.4, 0.5) is 10.9 Å². The second kappa shape index (κ2) is 5.76. The molecule has 7 heteroatoms. The van der Waals surface area contributed by atoms with Crippen molar-refractivity contribution in [3.63, 3.8) is 0 Å². The van der Waals surface area contributed by atoms with E-state index in [0.717, 1.165) is 18.1 Å². The number of carbonyl (C=O) groups is 1. The first kappa shape index (κ1) is 14.5. The molecule has 0 unspecified atom stereocenters. The maximum absolute atomic E-state index is 12.5. The van der Waals surface area contributed by atoms with E-state index in [-0.39, 0.29) is 11.5 Å². The zero-order valence-corrected chi connectivity index (χ0v) is 12.9. The van der Waals surface area contributed by atoms with E-state index >= 15 is 0 Å². The predicted octanol–water partition coefficient (Wildman–Crippen LogP) is 2.65. The second-order valence-electron chi connectivity index (χ2n) is 4.95. The topological polar surface area (TPSA) is 101 Å². The highest BCUT2D eigenvalue weighted by Crippen LogP contribution is 2.33. The van der Waals surface area contributed by atoms with Gasteiger partial charge >= 0.3 is 0 Å². The van der Waals surface area contributed by atoms with Crippen LogP contribution in [0.5, 0.6) is 0 Å². The Labute approximate surface area is 131 Å². The van der Waals surface area contributed by atoms with Gasteiger partial charge in [-0.2, -0.15) is 0 Å². The van der Waals surface area contributed by atoms with Gasteiger partial charge in [-0.05, 0) is 31.9 Å². The zero-order chi connectivity index (χ0) is 15.7. The fraction of sp³-hybridized carbons (Fsp3) is 0.267. The molecular weight excluding hydrogens is 300 g/mol. The lowest BCUT2D eigenvalue weighted by Crippen LogP contribution is -2.14. The van der Waals surface area contributed by atoms with Crippen LogP contribution in [0.25, 0.3) is 5.76 Å². The van der Waals surface area contributed by atoms with Crippen LogP contribution in [0.3, 0.4) is 0 Å². The number of nitrogens with two attached hydrogens (primary N) is 1. The molecule has 2 aromatic rings. The third-order valence-electron chi connectivity index (χ3n) is 3.49. The number of hydrogen-bond acceptors (Lipinski definition) is 7. The van der Waals surface area contributed by atoms with E-state index in [1.165, 1.54) is 11.3 Å². The fourth-order valence-electron chi connectivity index (χ4n) is 2.43. The first-order chi connectivity index (χ1) is 10.6. The summed E-state index contributed by atoms with van der Waals surface area (Å²) in [5.41, 5.74) is 7.32. The Morgan fingerprint density at radius 2 is 2.27 bits per heavy atom. The van der Waals surface area contributed by atoms with Crippen molar-refractivity contribution in [1.82, 2.24) is 9.97 Å². The molecule has 0 aliphatic heterocycles. The van der Waals surface area contributed by atoms with Gasteiger partial charge in [-0.3, -0.25) is 4.79 Å². The number of aliphatic hydroxyl groups is 1. The number of aliphatic hydroxyl groups excluding tert-OH is 1. The van der Waals surface area contributed by atoms with Crippen molar-refractivity contribution in [2.75, 3.05) is 17.6 Å². The molecule has 0 saturated carbocycles. The van der Waals surface area contributed by atoms with Crippen molar-refractivity contribution in [3.05, 3.63) is 40.0 Å². The molecule has 22 heavy (non-hydrogen) atoms. The van der Waals surface area contributed by atoms with Gasteiger partial charge in [0.05, 0.1) is 10.6 Å². The Morgan fingerprint density at radius 3 is 2.95 bits per heavy atom.